The van der Waals surface area contributed by atoms with Crippen molar-refractivity contribution in [2.24, 2.45) is 7.05 Å². The van der Waals surface area contributed by atoms with Gasteiger partial charge in [0.15, 0.2) is 6.20 Å². The Morgan fingerprint density at radius 2 is 1.73 bits per heavy atom. The van der Waals surface area contributed by atoms with Gasteiger partial charge in [-0.1, -0.05) is 44.0 Å². The maximum atomic E-state index is 8.41. The number of rotatable bonds is 1. The van der Waals surface area contributed by atoms with E-state index in [0.717, 1.165) is 27.6 Å². The van der Waals surface area contributed by atoms with E-state index in [1.807, 2.05) is 55.1 Å². The van der Waals surface area contributed by atoms with E-state index in [1.54, 1.807) is 24.3 Å². The summed E-state index contributed by atoms with van der Waals surface area (Å²) in [6.07, 6.45) is 3.42. The van der Waals surface area contributed by atoms with Crippen LogP contribution < -0.4 is 4.57 Å². The van der Waals surface area contributed by atoms with Crippen LogP contribution in [0.25, 0.3) is 44.3 Å². The lowest BCUT2D eigenvalue weighted by molar-refractivity contribution is -0.660. The molecule has 0 fully saturated rings. The van der Waals surface area contributed by atoms with Gasteiger partial charge in [-0.15, -0.1) is 0 Å². The summed E-state index contributed by atoms with van der Waals surface area (Å²) < 4.78 is 59.1. The SMILES string of the molecule is [2H]C([2H])([2H])C1(C([2H])([2H])[2H])c2ccc3c(oc4c(-c5cccc[n+]5C)c(C)ccc43)c2-c2cccnc21. The maximum absolute atomic E-state index is 8.41. The van der Waals surface area contributed by atoms with Gasteiger partial charge < -0.3 is 4.42 Å². The molecule has 3 heterocycles. The molecule has 30 heavy (non-hydrogen) atoms. The predicted octanol–water partition coefficient (Wildman–Crippen LogP) is 6.09. The number of furan rings is 1. The molecule has 5 aromatic rings. The van der Waals surface area contributed by atoms with Gasteiger partial charge in [0.25, 0.3) is 0 Å². The number of nitrogens with zero attached hydrogens (tertiary/aromatic N) is 2. The van der Waals surface area contributed by atoms with E-state index >= 15 is 0 Å². The molecular weight excluding hydrogens is 368 g/mol. The molecule has 3 nitrogen and oxygen atoms in total. The lowest BCUT2D eigenvalue weighted by atomic mass is 9.85. The highest BCUT2D eigenvalue weighted by molar-refractivity contribution is 6.14. The van der Waals surface area contributed by atoms with E-state index in [9.17, 15) is 0 Å². The molecule has 0 unspecified atom stereocenters. The Morgan fingerprint density at radius 3 is 2.53 bits per heavy atom. The molecule has 0 amide bonds. The molecule has 2 aromatic carbocycles. The van der Waals surface area contributed by atoms with Crippen molar-refractivity contribution < 1.29 is 17.2 Å². The third-order valence-electron chi connectivity index (χ3n) is 6.17. The van der Waals surface area contributed by atoms with Gasteiger partial charge in [-0.2, -0.15) is 0 Å². The van der Waals surface area contributed by atoms with E-state index in [4.69, 9.17) is 12.6 Å². The lowest BCUT2D eigenvalue weighted by Gasteiger charge is -2.19. The van der Waals surface area contributed by atoms with E-state index in [2.05, 4.69) is 4.98 Å². The molecule has 0 saturated carbocycles. The van der Waals surface area contributed by atoms with Crippen molar-refractivity contribution in [1.29, 1.82) is 0 Å². The molecule has 3 aromatic heterocycles. The number of benzene rings is 2. The van der Waals surface area contributed by atoms with E-state index in [0.29, 0.717) is 22.3 Å². The Labute approximate surface area is 184 Å². The molecule has 3 heteroatoms. The third kappa shape index (κ3) is 2.10. The number of fused-ring (bicyclic) bond motifs is 7. The molecule has 0 aliphatic heterocycles. The minimum Gasteiger partial charge on any atom is -0.454 e. The van der Waals surface area contributed by atoms with Crippen LogP contribution in [0.4, 0.5) is 0 Å². The fourth-order valence-electron chi connectivity index (χ4n) is 4.72. The summed E-state index contributed by atoms with van der Waals surface area (Å²) in [7, 11) is 1.97. The van der Waals surface area contributed by atoms with Crippen LogP contribution in [0.1, 0.15) is 38.7 Å². The van der Waals surface area contributed by atoms with E-state index < -0.39 is 19.1 Å². The first kappa shape index (κ1) is 12.3. The summed E-state index contributed by atoms with van der Waals surface area (Å²) in [5, 5.41) is 1.67. The van der Waals surface area contributed by atoms with E-state index in [1.165, 1.54) is 6.20 Å². The molecule has 1 aliphatic carbocycles. The molecule has 0 radical (unpaired) electrons. The van der Waals surface area contributed by atoms with Crippen molar-refractivity contribution in [2.45, 2.75) is 26.0 Å². The van der Waals surface area contributed by atoms with E-state index in [-0.39, 0.29) is 11.3 Å². The second-order valence-corrected chi connectivity index (χ2v) is 7.95. The average Bonchev–Trinajstić information content (AvgIpc) is 3.33. The molecular formula is C27H23N2O+. The molecule has 146 valence electrons. The summed E-state index contributed by atoms with van der Waals surface area (Å²) in [6, 6.07) is 16.8. The Morgan fingerprint density at radius 1 is 0.933 bits per heavy atom. The van der Waals surface area contributed by atoms with Gasteiger partial charge in [0.2, 0.25) is 5.69 Å². The second kappa shape index (κ2) is 5.79. The van der Waals surface area contributed by atoms with Crippen LogP contribution in [-0.4, -0.2) is 4.98 Å². The van der Waals surface area contributed by atoms with Crippen molar-refractivity contribution in [1.82, 2.24) is 4.98 Å². The maximum Gasteiger partial charge on any atom is 0.216 e. The summed E-state index contributed by atoms with van der Waals surface area (Å²) in [5.41, 5.74) is 3.02. The van der Waals surface area contributed by atoms with Gasteiger partial charge in [0.05, 0.1) is 11.3 Å². The normalized spacial score (nSPS) is 18.1. The number of hydrogen-bond donors (Lipinski definition) is 0. The predicted molar refractivity (Wildman–Crippen MR) is 120 cm³/mol. The molecule has 0 N–H and O–H groups in total. The van der Waals surface area contributed by atoms with Crippen molar-refractivity contribution in [3.05, 3.63) is 83.8 Å². The molecule has 6 rings (SSSR count). The van der Waals surface area contributed by atoms with Gasteiger partial charge in [-0.05, 0) is 30.2 Å². The van der Waals surface area contributed by atoms with Crippen molar-refractivity contribution in [3.8, 4) is 22.4 Å². The molecule has 0 atom stereocenters. The lowest BCUT2D eigenvalue weighted by Crippen LogP contribution is -2.30. The van der Waals surface area contributed by atoms with Crippen LogP contribution in [0.5, 0.6) is 0 Å². The Bertz CT molecular complexity index is 1680. The zero-order chi connectivity index (χ0) is 25.6. The Balaban J connectivity index is 1.79. The highest BCUT2D eigenvalue weighted by Gasteiger charge is 2.39. The van der Waals surface area contributed by atoms with Gasteiger partial charge in [0.1, 0.15) is 18.2 Å². The van der Waals surface area contributed by atoms with Crippen LogP contribution in [-0.2, 0) is 12.5 Å². The first-order valence-electron chi connectivity index (χ1n) is 12.9. The standard InChI is InChI=1S/C27H23N2O/c1-16-10-11-17-18-12-13-20-23(19-8-7-14-28-26(19)27(20,2)3)25(18)30-24(17)22(16)21-9-5-6-15-29(21)4/h5-15H,1-4H3/q+1/i2D3,3D3. The molecule has 0 bridgehead atoms. The van der Waals surface area contributed by atoms with Gasteiger partial charge in [-0.25, -0.2) is 4.57 Å². The number of pyridine rings is 2. The fraction of sp³-hybridized carbons (Fsp3) is 0.185. The third-order valence-corrected chi connectivity index (χ3v) is 6.17. The fourth-order valence-corrected chi connectivity index (χ4v) is 4.72. The average molecular weight is 398 g/mol. The second-order valence-electron chi connectivity index (χ2n) is 7.95. The smallest absolute Gasteiger partial charge is 0.216 e. The van der Waals surface area contributed by atoms with Crippen molar-refractivity contribution in [3.63, 3.8) is 0 Å². The summed E-state index contributed by atoms with van der Waals surface area (Å²) in [4.78, 5) is 4.35. The van der Waals surface area contributed by atoms with Crippen LogP contribution in [0.3, 0.4) is 0 Å². The van der Waals surface area contributed by atoms with Crippen LogP contribution >= 0.6 is 0 Å². The molecule has 1 aliphatic rings. The first-order valence-corrected chi connectivity index (χ1v) is 9.88. The van der Waals surface area contributed by atoms with Crippen LogP contribution in [0.15, 0.2) is 71.4 Å². The highest BCUT2D eigenvalue weighted by atomic mass is 16.3. The zero-order valence-electron chi connectivity index (χ0n) is 22.7. The monoisotopic (exact) mass is 397 g/mol. The number of aryl methyl sites for hydroxylation is 2. The Hall–Kier alpha value is -3.46. The summed E-state index contributed by atoms with van der Waals surface area (Å²) >= 11 is 0. The van der Waals surface area contributed by atoms with Crippen LogP contribution in [0, 0.1) is 6.92 Å². The van der Waals surface area contributed by atoms with Crippen LogP contribution in [0.2, 0.25) is 0 Å². The highest BCUT2D eigenvalue weighted by Crippen LogP contribution is 2.52. The van der Waals surface area contributed by atoms with Gasteiger partial charge >= 0.3 is 0 Å². The quantitative estimate of drug-likeness (QED) is 0.321. The first-order chi connectivity index (χ1) is 17.0. The minimum atomic E-state index is -2.87. The van der Waals surface area contributed by atoms with Crippen molar-refractivity contribution in [2.75, 3.05) is 0 Å². The number of aromatic nitrogens is 2. The largest absolute Gasteiger partial charge is 0.454 e. The van der Waals surface area contributed by atoms with Crippen molar-refractivity contribution >= 4 is 21.9 Å². The molecule has 0 spiro atoms. The summed E-state index contributed by atoms with van der Waals surface area (Å²) in [5.74, 6) is 0. The molecule has 0 saturated heterocycles. The Kier molecular flexibility index (Phi) is 2.37. The van der Waals surface area contributed by atoms with Gasteiger partial charge in [-0.3, -0.25) is 4.98 Å². The summed E-state index contributed by atoms with van der Waals surface area (Å²) in [6.45, 7) is -3.72. The number of hydrogen-bond acceptors (Lipinski definition) is 2. The zero-order valence-corrected chi connectivity index (χ0v) is 16.7. The van der Waals surface area contributed by atoms with Gasteiger partial charge in [0, 0.05) is 53.9 Å². The topological polar surface area (TPSA) is 29.9 Å². The minimum absolute atomic E-state index is 0.0406.